The van der Waals surface area contributed by atoms with Crippen LogP contribution in [0.5, 0.6) is 0 Å². The maximum atomic E-state index is 13.2. The Morgan fingerprint density at radius 1 is 1.06 bits per heavy atom. The number of fused-ring (bicyclic) bond motifs is 1. The quantitative estimate of drug-likeness (QED) is 0.731. The van der Waals surface area contributed by atoms with Gasteiger partial charge in [-0.05, 0) is 68.9 Å². The van der Waals surface area contributed by atoms with Crippen molar-refractivity contribution in [3.8, 4) is 0 Å². The van der Waals surface area contributed by atoms with E-state index in [1.165, 1.54) is 0 Å². The molecule has 2 aromatic heterocycles. The van der Waals surface area contributed by atoms with E-state index in [-0.39, 0.29) is 29.3 Å². The lowest BCUT2D eigenvalue weighted by molar-refractivity contribution is -0.126. The van der Waals surface area contributed by atoms with E-state index in [2.05, 4.69) is 29.5 Å². The van der Waals surface area contributed by atoms with E-state index in [1.807, 2.05) is 32.3 Å². The van der Waals surface area contributed by atoms with Crippen molar-refractivity contribution in [2.24, 2.45) is 24.8 Å². The second-order valence-corrected chi connectivity index (χ2v) is 10.3. The number of nitrogens with one attached hydrogen (secondary N) is 2. The minimum atomic E-state index is -0.415. The van der Waals surface area contributed by atoms with Crippen LogP contribution in [-0.4, -0.2) is 27.5 Å². The van der Waals surface area contributed by atoms with Crippen molar-refractivity contribution in [1.29, 1.82) is 0 Å². The molecule has 7 heteroatoms. The summed E-state index contributed by atoms with van der Waals surface area (Å²) in [5.74, 6) is 0.448. The molecule has 2 fully saturated rings. The maximum Gasteiger partial charge on any atom is 0.321 e. The second-order valence-electron chi connectivity index (χ2n) is 10.3. The van der Waals surface area contributed by atoms with Crippen LogP contribution in [0.15, 0.2) is 23.1 Å². The Bertz CT molecular complexity index is 1110. The third-order valence-corrected chi connectivity index (χ3v) is 7.89. The van der Waals surface area contributed by atoms with E-state index in [1.54, 1.807) is 4.57 Å². The summed E-state index contributed by atoms with van der Waals surface area (Å²) in [6.07, 6.45) is 8.35. The van der Waals surface area contributed by atoms with Crippen molar-refractivity contribution in [1.82, 2.24) is 20.2 Å². The summed E-state index contributed by atoms with van der Waals surface area (Å²) >= 11 is 0. The highest BCUT2D eigenvalue weighted by atomic mass is 16.2. The van der Waals surface area contributed by atoms with Gasteiger partial charge in [-0.25, -0.2) is 4.79 Å². The molecule has 3 amide bonds. The normalized spacial score (nSPS) is 27.8. The van der Waals surface area contributed by atoms with E-state index in [9.17, 15) is 14.4 Å². The fraction of sp³-hybridized carbons (Fsp3) is 0.615. The van der Waals surface area contributed by atoms with Crippen LogP contribution in [0.4, 0.5) is 4.79 Å². The number of imide groups is 1. The van der Waals surface area contributed by atoms with Crippen molar-refractivity contribution in [3.63, 3.8) is 0 Å². The fourth-order valence-electron chi connectivity index (χ4n) is 5.77. The number of hydrogen-bond donors (Lipinski definition) is 2. The van der Waals surface area contributed by atoms with Gasteiger partial charge in [0.2, 0.25) is 5.91 Å². The Morgan fingerprint density at radius 3 is 2.58 bits per heavy atom. The molecule has 33 heavy (non-hydrogen) atoms. The number of aromatic nitrogens is 2. The molecule has 5 unspecified atom stereocenters. The van der Waals surface area contributed by atoms with Crippen LogP contribution in [0.25, 0.3) is 10.9 Å². The molecule has 7 nitrogen and oxygen atoms in total. The van der Waals surface area contributed by atoms with Gasteiger partial charge < -0.3 is 9.88 Å². The summed E-state index contributed by atoms with van der Waals surface area (Å²) in [7, 11) is 1.81. The van der Waals surface area contributed by atoms with Gasteiger partial charge in [-0.3, -0.25) is 19.9 Å². The van der Waals surface area contributed by atoms with Gasteiger partial charge in [-0.15, -0.1) is 0 Å². The third kappa shape index (κ3) is 4.97. The summed E-state index contributed by atoms with van der Waals surface area (Å²) in [6, 6.07) is 3.42. The Hall–Kier alpha value is -2.70. The van der Waals surface area contributed by atoms with E-state index in [4.69, 9.17) is 0 Å². The van der Waals surface area contributed by atoms with Crippen molar-refractivity contribution in [2.45, 2.75) is 77.7 Å². The lowest BCUT2D eigenvalue weighted by atomic mass is 9.74. The van der Waals surface area contributed by atoms with Crippen LogP contribution in [0.3, 0.4) is 0 Å². The van der Waals surface area contributed by atoms with E-state index < -0.39 is 6.03 Å². The first-order valence-electron chi connectivity index (χ1n) is 12.3. The Kier molecular flexibility index (Phi) is 6.86. The number of carbonyl (C=O) groups is 2. The van der Waals surface area contributed by atoms with Crippen molar-refractivity contribution < 1.29 is 9.59 Å². The minimum Gasteiger partial charge on any atom is -0.335 e. The molecule has 2 aliphatic carbocycles. The van der Waals surface area contributed by atoms with Crippen molar-refractivity contribution >= 4 is 22.8 Å². The van der Waals surface area contributed by atoms with Crippen LogP contribution in [0.2, 0.25) is 0 Å². The SMILES string of the molecule is Cc1cc2c(cn1)cc(C1CC(NC(=O)NC(=O)C3CCCCC3C)CCC1C)c(=O)n2C. The lowest BCUT2D eigenvalue weighted by Gasteiger charge is -2.35. The number of urea groups is 1. The Morgan fingerprint density at radius 2 is 1.82 bits per heavy atom. The summed E-state index contributed by atoms with van der Waals surface area (Å²) in [5.41, 5.74) is 2.55. The number of hydrogen-bond acceptors (Lipinski definition) is 4. The number of pyridine rings is 2. The third-order valence-electron chi connectivity index (χ3n) is 7.89. The van der Waals surface area contributed by atoms with Gasteiger partial charge in [-0.1, -0.05) is 26.7 Å². The van der Waals surface area contributed by atoms with Crippen LogP contribution < -0.4 is 16.2 Å². The standard InChI is InChI=1S/C26H36N4O3/c1-15-7-5-6-8-20(15)24(31)29-26(33)28-19-10-9-16(2)21(13-19)22-12-18-14-27-17(3)11-23(18)30(4)25(22)32/h11-12,14-16,19-21H,5-10,13H2,1-4H3,(H2,28,29,31,33). The van der Waals surface area contributed by atoms with Crippen LogP contribution in [0.1, 0.15) is 76.0 Å². The van der Waals surface area contributed by atoms with Crippen LogP contribution in [0, 0.1) is 24.7 Å². The van der Waals surface area contributed by atoms with E-state index in [0.29, 0.717) is 18.3 Å². The smallest absolute Gasteiger partial charge is 0.321 e. The maximum absolute atomic E-state index is 13.2. The summed E-state index contributed by atoms with van der Waals surface area (Å²) in [4.78, 5) is 42.8. The Balaban J connectivity index is 1.47. The number of rotatable bonds is 3. The van der Waals surface area contributed by atoms with Gasteiger partial charge in [0.25, 0.3) is 5.56 Å². The fourth-order valence-corrected chi connectivity index (χ4v) is 5.77. The number of carbonyl (C=O) groups excluding carboxylic acids is 2. The molecule has 0 saturated heterocycles. The lowest BCUT2D eigenvalue weighted by Crippen LogP contribution is -2.49. The number of aryl methyl sites for hydroxylation is 2. The number of amides is 3. The minimum absolute atomic E-state index is 0.0107. The molecule has 0 radical (unpaired) electrons. The predicted molar refractivity (Wildman–Crippen MR) is 129 cm³/mol. The molecule has 2 aromatic rings. The number of nitrogens with zero attached hydrogens (tertiary/aromatic N) is 2. The molecule has 2 heterocycles. The highest BCUT2D eigenvalue weighted by Gasteiger charge is 2.33. The summed E-state index contributed by atoms with van der Waals surface area (Å²) < 4.78 is 1.71. The first-order chi connectivity index (χ1) is 15.7. The molecule has 2 N–H and O–H groups in total. The predicted octanol–water partition coefficient (Wildman–Crippen LogP) is 4.17. The topological polar surface area (TPSA) is 93.1 Å². The van der Waals surface area contributed by atoms with Crippen LogP contribution in [-0.2, 0) is 11.8 Å². The average Bonchev–Trinajstić information content (AvgIpc) is 2.78. The molecule has 5 atom stereocenters. The zero-order valence-electron chi connectivity index (χ0n) is 20.2. The summed E-state index contributed by atoms with van der Waals surface area (Å²) in [6.45, 7) is 6.18. The highest BCUT2D eigenvalue weighted by Crippen LogP contribution is 2.37. The molecule has 2 saturated carbocycles. The van der Waals surface area contributed by atoms with Crippen molar-refractivity contribution in [2.75, 3.05) is 0 Å². The first kappa shape index (κ1) is 23.5. The van der Waals surface area contributed by atoms with Gasteiger partial charge in [0.05, 0.1) is 5.52 Å². The van der Waals surface area contributed by atoms with Crippen LogP contribution >= 0.6 is 0 Å². The van der Waals surface area contributed by atoms with E-state index >= 15 is 0 Å². The van der Waals surface area contributed by atoms with Gasteiger partial charge in [0.15, 0.2) is 0 Å². The first-order valence-corrected chi connectivity index (χ1v) is 12.3. The van der Waals surface area contributed by atoms with Gasteiger partial charge in [0, 0.05) is 41.8 Å². The van der Waals surface area contributed by atoms with E-state index in [0.717, 1.165) is 60.7 Å². The molecule has 4 rings (SSSR count). The molecule has 0 bridgehead atoms. The highest BCUT2D eigenvalue weighted by molar-refractivity contribution is 5.95. The zero-order chi connectivity index (χ0) is 23.7. The van der Waals surface area contributed by atoms with Gasteiger partial charge in [-0.2, -0.15) is 0 Å². The monoisotopic (exact) mass is 452 g/mol. The largest absolute Gasteiger partial charge is 0.335 e. The second kappa shape index (κ2) is 9.65. The summed E-state index contributed by atoms with van der Waals surface area (Å²) in [5, 5.41) is 6.54. The Labute approximate surface area is 195 Å². The molecular formula is C26H36N4O3. The van der Waals surface area contributed by atoms with Gasteiger partial charge >= 0.3 is 6.03 Å². The molecule has 0 aromatic carbocycles. The molecule has 2 aliphatic rings. The molecular weight excluding hydrogens is 416 g/mol. The molecule has 0 aliphatic heterocycles. The van der Waals surface area contributed by atoms with Gasteiger partial charge in [0.1, 0.15) is 0 Å². The zero-order valence-corrected chi connectivity index (χ0v) is 20.2. The average molecular weight is 453 g/mol. The van der Waals surface area contributed by atoms with Crippen molar-refractivity contribution in [3.05, 3.63) is 39.9 Å². The molecule has 178 valence electrons. The molecule has 0 spiro atoms.